The Kier molecular flexibility index (Phi) is 3.48. The van der Waals surface area contributed by atoms with Crippen molar-refractivity contribution in [2.24, 2.45) is 11.0 Å². The van der Waals surface area contributed by atoms with E-state index in [2.05, 4.69) is 33.2 Å². The lowest BCUT2D eigenvalue weighted by Crippen LogP contribution is -2.30. The first-order valence-corrected chi connectivity index (χ1v) is 5.37. The molecule has 2 heteroatoms. The highest BCUT2D eigenvalue weighted by molar-refractivity contribution is 5.83. The van der Waals surface area contributed by atoms with Crippen molar-refractivity contribution in [1.82, 2.24) is 0 Å². The second-order valence-corrected chi connectivity index (χ2v) is 5.02. The van der Waals surface area contributed by atoms with E-state index < -0.39 is 0 Å². The Labute approximate surface area is 82.2 Å². The van der Waals surface area contributed by atoms with Gasteiger partial charge in [0.25, 0.3) is 0 Å². The third-order valence-electron chi connectivity index (χ3n) is 2.65. The lowest BCUT2D eigenvalue weighted by molar-refractivity contribution is -0.877. The fourth-order valence-corrected chi connectivity index (χ4v) is 2.08. The van der Waals surface area contributed by atoms with Gasteiger partial charge < -0.3 is 0 Å². The van der Waals surface area contributed by atoms with Crippen molar-refractivity contribution in [2.45, 2.75) is 39.0 Å². The van der Waals surface area contributed by atoms with Crippen molar-refractivity contribution in [2.75, 3.05) is 21.1 Å². The van der Waals surface area contributed by atoms with Gasteiger partial charge in [0.05, 0.1) is 26.9 Å². The molecule has 0 aromatic rings. The molecule has 1 saturated carbocycles. The zero-order valence-corrected chi connectivity index (χ0v) is 9.51. The highest BCUT2D eigenvalue weighted by Gasteiger charge is 2.18. The molecule has 0 aromatic heterocycles. The normalized spacial score (nSPS) is 22.0. The maximum absolute atomic E-state index is 4.69. The van der Waals surface area contributed by atoms with E-state index in [0.29, 0.717) is 4.59 Å². The molecule has 0 unspecified atom stereocenters. The number of quaternary nitrogens is 1. The molecule has 0 bridgehead atoms. The van der Waals surface area contributed by atoms with Crippen LogP contribution in [0.25, 0.3) is 0 Å². The van der Waals surface area contributed by atoms with Crippen LogP contribution in [0.1, 0.15) is 39.0 Å². The highest BCUT2D eigenvalue weighted by Crippen LogP contribution is 2.25. The minimum Gasteiger partial charge on any atom is -0.205 e. The molecular weight excluding hydrogens is 160 g/mol. The molecule has 0 aliphatic heterocycles. The second-order valence-electron chi connectivity index (χ2n) is 5.02. The van der Waals surface area contributed by atoms with Gasteiger partial charge in [-0.15, -0.1) is 0 Å². The van der Waals surface area contributed by atoms with E-state index >= 15 is 0 Å². The first-order valence-electron chi connectivity index (χ1n) is 5.37. The predicted octanol–water partition coefficient (Wildman–Crippen LogP) is 2.65. The van der Waals surface area contributed by atoms with Gasteiger partial charge in [0.1, 0.15) is 0 Å². The highest BCUT2D eigenvalue weighted by atomic mass is 15.6. The summed E-state index contributed by atoms with van der Waals surface area (Å²) in [6.07, 6.45) is 6.93. The van der Waals surface area contributed by atoms with Crippen molar-refractivity contribution in [3.63, 3.8) is 0 Å². The van der Waals surface area contributed by atoms with Gasteiger partial charge in [-0.05, 0) is 19.8 Å². The van der Waals surface area contributed by atoms with Gasteiger partial charge in [0.15, 0.2) is 0 Å². The van der Waals surface area contributed by atoms with Gasteiger partial charge in [0.2, 0.25) is 0 Å². The van der Waals surface area contributed by atoms with Crippen LogP contribution >= 0.6 is 0 Å². The van der Waals surface area contributed by atoms with Crippen LogP contribution in [-0.4, -0.2) is 31.4 Å². The standard InChI is InChI=1S/C11H23N2/c1-10(12-13(2,3)4)11-8-6-5-7-9-11/h11H,5-9H2,1-4H3/q+1/b12-10+. The van der Waals surface area contributed by atoms with Gasteiger partial charge in [-0.1, -0.05) is 24.4 Å². The maximum Gasteiger partial charge on any atom is 0.0923 e. The minimum atomic E-state index is 0.711. The summed E-state index contributed by atoms with van der Waals surface area (Å²) in [6.45, 7) is 2.19. The maximum atomic E-state index is 4.69. The molecule has 76 valence electrons. The quantitative estimate of drug-likeness (QED) is 0.354. The molecular formula is C11H23N2+. The number of hydrogen-bond acceptors (Lipinski definition) is 1. The average molecular weight is 183 g/mol. The van der Waals surface area contributed by atoms with Crippen molar-refractivity contribution in [3.05, 3.63) is 0 Å². The largest absolute Gasteiger partial charge is 0.205 e. The Morgan fingerprint density at radius 3 is 2.08 bits per heavy atom. The molecule has 0 heterocycles. The van der Waals surface area contributed by atoms with Crippen LogP contribution in [0.15, 0.2) is 5.10 Å². The molecule has 1 fully saturated rings. The van der Waals surface area contributed by atoms with Crippen LogP contribution in [0, 0.1) is 5.92 Å². The summed E-state index contributed by atoms with van der Waals surface area (Å²) in [5.74, 6) is 0.770. The molecule has 0 amide bonds. The molecule has 2 nitrogen and oxygen atoms in total. The van der Waals surface area contributed by atoms with Crippen LogP contribution in [0.2, 0.25) is 0 Å². The van der Waals surface area contributed by atoms with Gasteiger partial charge in [-0.2, -0.15) is 0 Å². The zero-order chi connectivity index (χ0) is 9.90. The number of rotatable bonds is 2. The molecule has 1 aliphatic carbocycles. The summed E-state index contributed by atoms with van der Waals surface area (Å²) in [6, 6.07) is 0. The van der Waals surface area contributed by atoms with Crippen LogP contribution in [0.4, 0.5) is 0 Å². The molecule has 0 aromatic carbocycles. The van der Waals surface area contributed by atoms with Crippen molar-refractivity contribution in [1.29, 1.82) is 0 Å². The summed E-state index contributed by atoms with van der Waals surface area (Å²) < 4.78 is 0.711. The Morgan fingerprint density at radius 2 is 1.62 bits per heavy atom. The summed E-state index contributed by atoms with van der Waals surface area (Å²) >= 11 is 0. The van der Waals surface area contributed by atoms with E-state index in [0.717, 1.165) is 5.92 Å². The van der Waals surface area contributed by atoms with Crippen LogP contribution in [-0.2, 0) is 0 Å². The van der Waals surface area contributed by atoms with Gasteiger partial charge in [-0.25, -0.2) is 4.59 Å². The first kappa shape index (κ1) is 10.7. The average Bonchev–Trinajstić information content (AvgIpc) is 2.03. The first-order chi connectivity index (χ1) is 5.99. The van der Waals surface area contributed by atoms with E-state index in [9.17, 15) is 0 Å². The van der Waals surface area contributed by atoms with Gasteiger partial charge >= 0.3 is 0 Å². The van der Waals surface area contributed by atoms with Crippen LogP contribution in [0.5, 0.6) is 0 Å². The van der Waals surface area contributed by atoms with Crippen molar-refractivity contribution < 1.29 is 4.59 Å². The molecule has 0 N–H and O–H groups in total. The second kappa shape index (κ2) is 4.23. The smallest absolute Gasteiger partial charge is 0.0923 e. The minimum absolute atomic E-state index is 0.711. The third kappa shape index (κ3) is 3.90. The molecule has 0 atom stereocenters. The van der Waals surface area contributed by atoms with E-state index in [-0.39, 0.29) is 0 Å². The molecule has 0 saturated heterocycles. The molecule has 1 rings (SSSR count). The molecule has 0 spiro atoms. The molecule has 0 radical (unpaired) electrons. The summed E-state index contributed by atoms with van der Waals surface area (Å²) in [4.78, 5) is 0. The molecule has 13 heavy (non-hydrogen) atoms. The SMILES string of the molecule is C/C(=N\[N+](C)(C)C)C1CCCCC1. The number of hydrogen-bond donors (Lipinski definition) is 0. The van der Waals surface area contributed by atoms with E-state index in [4.69, 9.17) is 0 Å². The Balaban J connectivity index is 2.54. The Hall–Kier alpha value is -0.370. The predicted molar refractivity (Wildman–Crippen MR) is 57.7 cm³/mol. The third-order valence-corrected chi connectivity index (χ3v) is 2.65. The zero-order valence-electron chi connectivity index (χ0n) is 9.51. The topological polar surface area (TPSA) is 12.4 Å². The number of nitrogens with zero attached hydrogens (tertiary/aromatic N) is 2. The Bertz CT molecular complexity index is 183. The lowest BCUT2D eigenvalue weighted by atomic mass is 9.86. The van der Waals surface area contributed by atoms with Crippen molar-refractivity contribution >= 4 is 5.71 Å². The lowest BCUT2D eigenvalue weighted by Gasteiger charge is -2.23. The van der Waals surface area contributed by atoms with Crippen molar-refractivity contribution in [3.8, 4) is 0 Å². The van der Waals surface area contributed by atoms with E-state index in [1.807, 2.05) is 0 Å². The monoisotopic (exact) mass is 183 g/mol. The Morgan fingerprint density at radius 1 is 1.08 bits per heavy atom. The summed E-state index contributed by atoms with van der Waals surface area (Å²) in [5, 5.41) is 4.69. The fourth-order valence-electron chi connectivity index (χ4n) is 2.08. The molecule has 1 aliphatic rings. The van der Waals surface area contributed by atoms with E-state index in [1.165, 1.54) is 37.8 Å². The van der Waals surface area contributed by atoms with Gasteiger partial charge in [-0.3, -0.25) is 0 Å². The summed E-state index contributed by atoms with van der Waals surface area (Å²) in [7, 11) is 6.35. The van der Waals surface area contributed by atoms with Crippen LogP contribution < -0.4 is 0 Å². The van der Waals surface area contributed by atoms with E-state index in [1.54, 1.807) is 0 Å². The van der Waals surface area contributed by atoms with Gasteiger partial charge in [0, 0.05) is 5.92 Å². The summed E-state index contributed by atoms with van der Waals surface area (Å²) in [5.41, 5.74) is 1.35. The van der Waals surface area contributed by atoms with Crippen LogP contribution in [0.3, 0.4) is 0 Å². The fraction of sp³-hybridized carbons (Fsp3) is 0.909.